The lowest BCUT2D eigenvalue weighted by Crippen LogP contribution is -2.12. The maximum atomic E-state index is 14.5. The first-order valence-corrected chi connectivity index (χ1v) is 6.55. The Bertz CT molecular complexity index is 671. The van der Waals surface area contributed by atoms with Crippen LogP contribution >= 0.6 is 0 Å². The van der Waals surface area contributed by atoms with Crippen molar-refractivity contribution in [3.05, 3.63) is 53.6 Å². The van der Waals surface area contributed by atoms with E-state index in [-0.39, 0.29) is 23.4 Å². The molecule has 2 N–H and O–H groups in total. The molecule has 0 aliphatic carbocycles. The van der Waals surface area contributed by atoms with Gasteiger partial charge in [0, 0.05) is 11.3 Å². The van der Waals surface area contributed by atoms with Crippen LogP contribution in [0.5, 0.6) is 0 Å². The Hall–Kier alpha value is -2.43. The third kappa shape index (κ3) is 3.18. The van der Waals surface area contributed by atoms with E-state index in [1.165, 1.54) is 30.3 Å². The molecule has 110 valence electrons. The Morgan fingerprint density at radius 1 is 1.24 bits per heavy atom. The highest BCUT2D eigenvalue weighted by molar-refractivity contribution is 5.97. The minimum absolute atomic E-state index is 0.00578. The fourth-order valence-electron chi connectivity index (χ4n) is 1.94. The van der Waals surface area contributed by atoms with Crippen molar-refractivity contribution in [3.8, 4) is 11.1 Å². The number of nitrogen functional groups attached to an aromatic ring is 1. The van der Waals surface area contributed by atoms with Gasteiger partial charge in [0.15, 0.2) is 0 Å². The summed E-state index contributed by atoms with van der Waals surface area (Å²) in [4.78, 5) is 11.9. The first kappa shape index (κ1) is 15.0. The number of ether oxygens (including phenoxy) is 1. The average molecular weight is 291 g/mol. The van der Waals surface area contributed by atoms with Crippen LogP contribution in [0.15, 0.2) is 36.4 Å². The molecule has 0 spiro atoms. The predicted molar refractivity (Wildman–Crippen MR) is 76.8 cm³/mol. The lowest BCUT2D eigenvalue weighted by molar-refractivity contribution is 0.0501. The normalized spacial score (nSPS) is 10.4. The van der Waals surface area contributed by atoms with Crippen LogP contribution in [-0.2, 0) is 4.74 Å². The molecule has 5 heteroatoms. The van der Waals surface area contributed by atoms with Crippen LogP contribution in [0, 0.1) is 11.6 Å². The van der Waals surface area contributed by atoms with Crippen molar-refractivity contribution < 1.29 is 18.3 Å². The molecule has 0 aliphatic rings. The van der Waals surface area contributed by atoms with Gasteiger partial charge in [-0.25, -0.2) is 13.6 Å². The van der Waals surface area contributed by atoms with E-state index in [0.29, 0.717) is 12.0 Å². The molecule has 0 fully saturated rings. The average Bonchev–Trinajstić information content (AvgIpc) is 2.45. The molecule has 0 amide bonds. The third-order valence-corrected chi connectivity index (χ3v) is 2.95. The maximum absolute atomic E-state index is 14.5. The van der Waals surface area contributed by atoms with Gasteiger partial charge in [-0.15, -0.1) is 0 Å². The summed E-state index contributed by atoms with van der Waals surface area (Å²) in [6, 6.07) is 8.29. The number of benzene rings is 2. The Labute approximate surface area is 121 Å². The number of rotatable bonds is 4. The van der Waals surface area contributed by atoms with E-state index in [9.17, 15) is 13.6 Å². The van der Waals surface area contributed by atoms with Gasteiger partial charge in [-0.3, -0.25) is 0 Å². The number of carbonyl (C=O) groups is 1. The minimum Gasteiger partial charge on any atom is -0.462 e. The summed E-state index contributed by atoms with van der Waals surface area (Å²) < 4.78 is 32.7. The van der Waals surface area contributed by atoms with Crippen LogP contribution < -0.4 is 5.73 Å². The first-order valence-electron chi connectivity index (χ1n) is 6.55. The second-order valence-electron chi connectivity index (χ2n) is 4.54. The van der Waals surface area contributed by atoms with E-state index in [4.69, 9.17) is 10.5 Å². The first-order chi connectivity index (χ1) is 10.0. The molecule has 2 aromatic rings. The summed E-state index contributed by atoms with van der Waals surface area (Å²) in [6.07, 6.45) is 0.622. The molecule has 21 heavy (non-hydrogen) atoms. The zero-order valence-corrected chi connectivity index (χ0v) is 11.5. The van der Waals surface area contributed by atoms with Crippen molar-refractivity contribution in [2.45, 2.75) is 13.3 Å². The van der Waals surface area contributed by atoms with E-state index in [1.54, 1.807) is 6.07 Å². The van der Waals surface area contributed by atoms with Crippen molar-refractivity contribution in [2.24, 2.45) is 0 Å². The molecule has 2 aromatic carbocycles. The molecule has 0 radical (unpaired) electrons. The molecule has 0 heterocycles. The second kappa shape index (κ2) is 6.35. The second-order valence-corrected chi connectivity index (χ2v) is 4.54. The molecule has 2 rings (SSSR count). The quantitative estimate of drug-likeness (QED) is 0.689. The van der Waals surface area contributed by atoms with Gasteiger partial charge in [-0.05, 0) is 36.2 Å². The summed E-state index contributed by atoms with van der Waals surface area (Å²) in [6.45, 7) is 2.01. The monoisotopic (exact) mass is 291 g/mol. The lowest BCUT2D eigenvalue weighted by Gasteiger charge is -2.11. The van der Waals surface area contributed by atoms with Crippen molar-refractivity contribution in [1.82, 2.24) is 0 Å². The smallest absolute Gasteiger partial charge is 0.343 e. The maximum Gasteiger partial charge on any atom is 0.343 e. The van der Waals surface area contributed by atoms with Gasteiger partial charge in [-0.1, -0.05) is 19.1 Å². The topological polar surface area (TPSA) is 52.3 Å². The molecular weight excluding hydrogens is 276 g/mol. The summed E-state index contributed by atoms with van der Waals surface area (Å²) >= 11 is 0. The van der Waals surface area contributed by atoms with E-state index in [2.05, 4.69) is 0 Å². The molecule has 0 aliphatic heterocycles. The highest BCUT2D eigenvalue weighted by Crippen LogP contribution is 2.29. The van der Waals surface area contributed by atoms with Gasteiger partial charge in [0.1, 0.15) is 17.2 Å². The molecule has 0 atom stereocenters. The Kier molecular flexibility index (Phi) is 4.52. The van der Waals surface area contributed by atoms with Gasteiger partial charge in [0.25, 0.3) is 0 Å². The zero-order chi connectivity index (χ0) is 15.4. The van der Waals surface area contributed by atoms with Crippen LogP contribution in [0.2, 0.25) is 0 Å². The standard InChI is InChI=1S/C16H15F2NO2/c1-2-8-21-16(20)14-13(19)7-6-12(15(14)18)10-4-3-5-11(17)9-10/h3-7,9H,2,8,19H2,1H3. The van der Waals surface area contributed by atoms with Crippen LogP contribution in [0.25, 0.3) is 11.1 Å². The Morgan fingerprint density at radius 2 is 2.00 bits per heavy atom. The number of hydrogen-bond acceptors (Lipinski definition) is 3. The highest BCUT2D eigenvalue weighted by Gasteiger charge is 2.21. The molecule has 0 bridgehead atoms. The van der Waals surface area contributed by atoms with Gasteiger partial charge < -0.3 is 10.5 Å². The van der Waals surface area contributed by atoms with Crippen LogP contribution in [-0.4, -0.2) is 12.6 Å². The summed E-state index contributed by atoms with van der Waals surface area (Å²) in [5, 5.41) is 0. The number of carbonyl (C=O) groups excluding carboxylic acids is 1. The Balaban J connectivity index is 2.48. The van der Waals surface area contributed by atoms with Crippen LogP contribution in [0.3, 0.4) is 0 Å². The van der Waals surface area contributed by atoms with Crippen LogP contribution in [0.1, 0.15) is 23.7 Å². The number of hydrogen-bond donors (Lipinski definition) is 1. The zero-order valence-electron chi connectivity index (χ0n) is 11.5. The number of anilines is 1. The van der Waals surface area contributed by atoms with Crippen molar-refractivity contribution in [1.29, 1.82) is 0 Å². The van der Waals surface area contributed by atoms with E-state index in [0.717, 1.165) is 0 Å². The van der Waals surface area contributed by atoms with Gasteiger partial charge in [0.2, 0.25) is 0 Å². The molecule has 0 aromatic heterocycles. The molecular formula is C16H15F2NO2. The minimum atomic E-state index is -0.815. The third-order valence-electron chi connectivity index (χ3n) is 2.95. The van der Waals surface area contributed by atoms with Gasteiger partial charge >= 0.3 is 5.97 Å². The Morgan fingerprint density at radius 3 is 2.67 bits per heavy atom. The molecule has 3 nitrogen and oxygen atoms in total. The van der Waals surface area contributed by atoms with E-state index >= 15 is 0 Å². The van der Waals surface area contributed by atoms with Gasteiger partial charge in [-0.2, -0.15) is 0 Å². The molecule has 0 saturated heterocycles. The fourth-order valence-corrected chi connectivity index (χ4v) is 1.94. The van der Waals surface area contributed by atoms with Crippen molar-refractivity contribution >= 4 is 11.7 Å². The molecule has 0 saturated carbocycles. The van der Waals surface area contributed by atoms with Crippen molar-refractivity contribution in [3.63, 3.8) is 0 Å². The SMILES string of the molecule is CCCOC(=O)c1c(N)ccc(-c2cccc(F)c2)c1F. The number of esters is 1. The largest absolute Gasteiger partial charge is 0.462 e. The summed E-state index contributed by atoms with van der Waals surface area (Å²) in [5.74, 6) is -2.11. The van der Waals surface area contributed by atoms with E-state index < -0.39 is 17.6 Å². The number of nitrogens with two attached hydrogens (primary N) is 1. The van der Waals surface area contributed by atoms with Gasteiger partial charge in [0.05, 0.1) is 6.61 Å². The van der Waals surface area contributed by atoms with E-state index in [1.807, 2.05) is 6.92 Å². The number of halogens is 2. The van der Waals surface area contributed by atoms with Crippen molar-refractivity contribution in [2.75, 3.05) is 12.3 Å². The summed E-state index contributed by atoms with van der Waals surface area (Å²) in [5.41, 5.74) is 5.77. The highest BCUT2D eigenvalue weighted by atomic mass is 19.1. The fraction of sp³-hybridized carbons (Fsp3) is 0.188. The van der Waals surface area contributed by atoms with Crippen LogP contribution in [0.4, 0.5) is 14.5 Å². The molecule has 0 unspecified atom stereocenters. The summed E-state index contributed by atoms with van der Waals surface area (Å²) in [7, 11) is 0. The predicted octanol–water partition coefficient (Wildman–Crippen LogP) is 3.78. The lowest BCUT2D eigenvalue weighted by atomic mass is 10.0.